The minimum absolute atomic E-state index is 0.0158. The first-order chi connectivity index (χ1) is 11.2. The molecule has 0 amide bonds. The molecule has 118 valence electrons. The Morgan fingerprint density at radius 1 is 1.04 bits per heavy atom. The van der Waals surface area contributed by atoms with E-state index in [1.807, 2.05) is 48.7 Å². The first-order valence-corrected chi connectivity index (χ1v) is 7.61. The average molecular weight is 309 g/mol. The van der Waals surface area contributed by atoms with Crippen molar-refractivity contribution in [2.45, 2.75) is 13.5 Å². The number of para-hydroxylation sites is 3. The summed E-state index contributed by atoms with van der Waals surface area (Å²) in [6, 6.07) is 15.2. The van der Waals surface area contributed by atoms with Crippen molar-refractivity contribution in [2.24, 2.45) is 0 Å². The number of fused-ring (bicyclic) bond motifs is 1. The predicted molar refractivity (Wildman–Crippen MR) is 90.4 cm³/mol. The van der Waals surface area contributed by atoms with E-state index in [2.05, 4.69) is 11.5 Å². The molecule has 1 heterocycles. The van der Waals surface area contributed by atoms with Crippen LogP contribution < -0.4 is 9.47 Å². The highest BCUT2D eigenvalue weighted by Crippen LogP contribution is 2.27. The first kappa shape index (κ1) is 15.2. The van der Waals surface area contributed by atoms with Gasteiger partial charge in [0.2, 0.25) is 5.78 Å². The third-order valence-electron chi connectivity index (χ3n) is 3.86. The Bertz CT molecular complexity index is 836. The Hall–Kier alpha value is -2.75. The van der Waals surface area contributed by atoms with E-state index in [1.54, 1.807) is 13.2 Å². The van der Waals surface area contributed by atoms with Crippen molar-refractivity contribution >= 4 is 16.7 Å². The number of aryl methyl sites for hydroxylation is 1. The van der Waals surface area contributed by atoms with E-state index in [9.17, 15) is 4.79 Å². The number of aromatic nitrogens is 1. The summed E-state index contributed by atoms with van der Waals surface area (Å²) in [5.41, 5.74) is 1.76. The van der Waals surface area contributed by atoms with Gasteiger partial charge in [0.15, 0.2) is 18.1 Å². The van der Waals surface area contributed by atoms with Gasteiger partial charge in [0.25, 0.3) is 0 Å². The molecule has 0 unspecified atom stereocenters. The van der Waals surface area contributed by atoms with Gasteiger partial charge in [-0.15, -0.1) is 0 Å². The van der Waals surface area contributed by atoms with Crippen molar-refractivity contribution in [1.29, 1.82) is 0 Å². The number of carbonyl (C=O) groups excluding carboxylic acids is 1. The lowest BCUT2D eigenvalue weighted by molar-refractivity contribution is 0.0921. The first-order valence-electron chi connectivity index (χ1n) is 7.61. The van der Waals surface area contributed by atoms with Crippen LogP contribution in [0.25, 0.3) is 10.9 Å². The SMILES string of the molecule is CCn1cc(C(=O)COc2ccccc2OC)c2ccccc21. The van der Waals surface area contributed by atoms with Crippen LogP contribution in [0.2, 0.25) is 0 Å². The van der Waals surface area contributed by atoms with E-state index >= 15 is 0 Å². The lowest BCUT2D eigenvalue weighted by Crippen LogP contribution is -2.11. The van der Waals surface area contributed by atoms with Crippen LogP contribution in [0.4, 0.5) is 0 Å². The van der Waals surface area contributed by atoms with E-state index in [0.717, 1.165) is 17.4 Å². The van der Waals surface area contributed by atoms with Crippen molar-refractivity contribution in [2.75, 3.05) is 13.7 Å². The molecule has 0 saturated carbocycles. The Labute approximate surface area is 135 Å². The van der Waals surface area contributed by atoms with Crippen molar-refractivity contribution < 1.29 is 14.3 Å². The van der Waals surface area contributed by atoms with Crippen LogP contribution in [0.1, 0.15) is 17.3 Å². The molecule has 0 fully saturated rings. The van der Waals surface area contributed by atoms with E-state index in [4.69, 9.17) is 9.47 Å². The van der Waals surface area contributed by atoms with Gasteiger partial charge in [-0.3, -0.25) is 4.79 Å². The average Bonchev–Trinajstić information content (AvgIpc) is 2.99. The molecule has 4 heteroatoms. The maximum absolute atomic E-state index is 12.6. The van der Waals surface area contributed by atoms with Crippen LogP contribution in [-0.4, -0.2) is 24.1 Å². The number of methoxy groups -OCH3 is 1. The summed E-state index contributed by atoms with van der Waals surface area (Å²) in [4.78, 5) is 12.6. The number of benzene rings is 2. The molecule has 0 radical (unpaired) electrons. The lowest BCUT2D eigenvalue weighted by Gasteiger charge is -2.09. The number of Topliss-reactive ketones (excluding diaryl/α,β-unsaturated/α-hetero) is 1. The number of nitrogens with zero attached hydrogens (tertiary/aromatic N) is 1. The van der Waals surface area contributed by atoms with Crippen LogP contribution in [0.3, 0.4) is 0 Å². The van der Waals surface area contributed by atoms with E-state index in [1.165, 1.54) is 0 Å². The summed E-state index contributed by atoms with van der Waals surface area (Å²) in [5, 5.41) is 0.961. The van der Waals surface area contributed by atoms with Crippen LogP contribution in [-0.2, 0) is 6.54 Å². The standard InChI is InChI=1S/C19H19NO3/c1-3-20-12-15(14-8-4-5-9-16(14)20)17(21)13-23-19-11-7-6-10-18(19)22-2/h4-12H,3,13H2,1-2H3. The number of ether oxygens (including phenoxy) is 2. The molecule has 0 aliphatic heterocycles. The molecule has 3 rings (SSSR count). The summed E-state index contributed by atoms with van der Waals surface area (Å²) in [6.45, 7) is 2.87. The minimum atomic E-state index is -0.0423. The van der Waals surface area contributed by atoms with Crippen molar-refractivity contribution in [1.82, 2.24) is 4.57 Å². The molecule has 0 bridgehead atoms. The Balaban J connectivity index is 1.84. The minimum Gasteiger partial charge on any atom is -0.493 e. The van der Waals surface area contributed by atoms with Gasteiger partial charge in [0.1, 0.15) is 0 Å². The van der Waals surface area contributed by atoms with Gasteiger partial charge in [0.05, 0.1) is 7.11 Å². The van der Waals surface area contributed by atoms with E-state index in [0.29, 0.717) is 17.1 Å². The second kappa shape index (κ2) is 6.57. The molecule has 1 aromatic heterocycles. The Kier molecular flexibility index (Phi) is 4.33. The van der Waals surface area contributed by atoms with Crippen molar-refractivity contribution in [3.63, 3.8) is 0 Å². The summed E-state index contributed by atoms with van der Waals surface area (Å²) < 4.78 is 13.0. The third kappa shape index (κ3) is 2.93. The molecule has 0 atom stereocenters. The summed E-state index contributed by atoms with van der Waals surface area (Å²) in [5.74, 6) is 1.15. The summed E-state index contributed by atoms with van der Waals surface area (Å²) in [7, 11) is 1.58. The number of carbonyl (C=O) groups is 1. The van der Waals surface area contributed by atoms with E-state index < -0.39 is 0 Å². The highest BCUT2D eigenvalue weighted by atomic mass is 16.5. The monoisotopic (exact) mass is 309 g/mol. The van der Waals surface area contributed by atoms with Gasteiger partial charge in [0, 0.05) is 29.2 Å². The van der Waals surface area contributed by atoms with E-state index in [-0.39, 0.29) is 12.4 Å². The second-order valence-corrected chi connectivity index (χ2v) is 5.21. The topological polar surface area (TPSA) is 40.5 Å². The zero-order valence-corrected chi connectivity index (χ0v) is 13.3. The molecular weight excluding hydrogens is 290 g/mol. The molecule has 0 spiro atoms. The largest absolute Gasteiger partial charge is 0.493 e. The van der Waals surface area contributed by atoms with Gasteiger partial charge in [-0.25, -0.2) is 0 Å². The maximum Gasteiger partial charge on any atom is 0.202 e. The third-order valence-corrected chi connectivity index (χ3v) is 3.86. The molecular formula is C19H19NO3. The molecule has 0 saturated heterocycles. The predicted octanol–water partition coefficient (Wildman–Crippen LogP) is 3.93. The normalized spacial score (nSPS) is 10.7. The second-order valence-electron chi connectivity index (χ2n) is 5.21. The van der Waals surface area contributed by atoms with Gasteiger partial charge in [-0.1, -0.05) is 30.3 Å². The molecule has 0 N–H and O–H groups in total. The Morgan fingerprint density at radius 3 is 2.48 bits per heavy atom. The maximum atomic E-state index is 12.6. The molecule has 3 aromatic rings. The van der Waals surface area contributed by atoms with Crippen LogP contribution in [0.5, 0.6) is 11.5 Å². The molecule has 0 aliphatic rings. The lowest BCUT2D eigenvalue weighted by atomic mass is 10.1. The number of hydrogen-bond donors (Lipinski definition) is 0. The van der Waals surface area contributed by atoms with Gasteiger partial charge in [-0.2, -0.15) is 0 Å². The van der Waals surface area contributed by atoms with Crippen LogP contribution in [0.15, 0.2) is 54.7 Å². The molecule has 0 aliphatic carbocycles. The van der Waals surface area contributed by atoms with Crippen molar-refractivity contribution in [3.05, 3.63) is 60.3 Å². The smallest absolute Gasteiger partial charge is 0.202 e. The van der Waals surface area contributed by atoms with Gasteiger partial charge >= 0.3 is 0 Å². The zero-order chi connectivity index (χ0) is 16.2. The van der Waals surface area contributed by atoms with Gasteiger partial charge < -0.3 is 14.0 Å². The number of ketones is 1. The quantitative estimate of drug-likeness (QED) is 0.648. The van der Waals surface area contributed by atoms with Crippen molar-refractivity contribution in [3.8, 4) is 11.5 Å². The highest BCUT2D eigenvalue weighted by Gasteiger charge is 2.15. The molecule has 2 aromatic carbocycles. The zero-order valence-electron chi connectivity index (χ0n) is 13.3. The van der Waals surface area contributed by atoms with Crippen LogP contribution in [0, 0.1) is 0 Å². The Morgan fingerprint density at radius 2 is 1.74 bits per heavy atom. The highest BCUT2D eigenvalue weighted by molar-refractivity contribution is 6.08. The molecule has 4 nitrogen and oxygen atoms in total. The fourth-order valence-electron chi connectivity index (χ4n) is 2.69. The number of rotatable bonds is 6. The number of hydrogen-bond acceptors (Lipinski definition) is 3. The van der Waals surface area contributed by atoms with Crippen LogP contribution >= 0.6 is 0 Å². The fourth-order valence-corrected chi connectivity index (χ4v) is 2.69. The summed E-state index contributed by atoms with van der Waals surface area (Å²) >= 11 is 0. The summed E-state index contributed by atoms with van der Waals surface area (Å²) in [6.07, 6.45) is 1.90. The molecule has 23 heavy (non-hydrogen) atoms. The van der Waals surface area contributed by atoms with Gasteiger partial charge in [-0.05, 0) is 25.1 Å². The fraction of sp³-hybridized carbons (Fsp3) is 0.211.